The highest BCUT2D eigenvalue weighted by atomic mass is 79.9. The zero-order valence-corrected chi connectivity index (χ0v) is 15.6. The first-order valence-electron chi connectivity index (χ1n) is 6.38. The maximum Gasteiger partial charge on any atom is 0.258 e. The lowest BCUT2D eigenvalue weighted by Gasteiger charge is -2.04. The van der Waals surface area contributed by atoms with E-state index in [0.717, 1.165) is 9.17 Å². The first-order chi connectivity index (χ1) is 11.0. The van der Waals surface area contributed by atoms with Crippen molar-refractivity contribution in [3.05, 3.63) is 50.4 Å². The molecule has 2 aromatic carbocycles. The van der Waals surface area contributed by atoms with E-state index in [2.05, 4.69) is 26.2 Å². The van der Waals surface area contributed by atoms with Crippen LogP contribution in [-0.4, -0.2) is 18.0 Å². The van der Waals surface area contributed by atoms with Crippen LogP contribution in [0.4, 0.5) is 5.13 Å². The summed E-state index contributed by atoms with van der Waals surface area (Å²) >= 11 is 16.8. The zero-order chi connectivity index (χ0) is 16.6. The van der Waals surface area contributed by atoms with E-state index < -0.39 is 0 Å². The molecule has 23 heavy (non-hydrogen) atoms. The number of fused-ring (bicyclic) bond motifs is 1. The Bertz CT molecular complexity index is 914. The third kappa shape index (κ3) is 3.45. The second-order valence-electron chi connectivity index (χ2n) is 4.55. The predicted octanol–water partition coefficient (Wildman–Crippen LogP) is 5.63. The summed E-state index contributed by atoms with van der Waals surface area (Å²) in [5, 5.41) is 4.06. The van der Waals surface area contributed by atoms with E-state index in [9.17, 15) is 4.79 Å². The number of halogens is 3. The van der Waals surface area contributed by atoms with Crippen molar-refractivity contribution in [3.8, 4) is 5.75 Å². The van der Waals surface area contributed by atoms with E-state index in [1.165, 1.54) is 11.3 Å². The molecule has 1 heterocycles. The molecule has 0 fully saturated rings. The van der Waals surface area contributed by atoms with E-state index >= 15 is 0 Å². The Morgan fingerprint density at radius 1 is 1.26 bits per heavy atom. The van der Waals surface area contributed by atoms with Crippen LogP contribution in [0.2, 0.25) is 10.0 Å². The number of ether oxygens (including phenoxy) is 1. The highest BCUT2D eigenvalue weighted by Crippen LogP contribution is 2.34. The molecular formula is C15H9BrCl2N2O2S. The molecule has 0 aliphatic carbocycles. The van der Waals surface area contributed by atoms with Gasteiger partial charge in [-0.2, -0.15) is 0 Å². The van der Waals surface area contributed by atoms with Gasteiger partial charge in [-0.3, -0.25) is 10.1 Å². The summed E-state index contributed by atoms with van der Waals surface area (Å²) in [6.07, 6.45) is 0. The molecule has 0 unspecified atom stereocenters. The highest BCUT2D eigenvalue weighted by Gasteiger charge is 2.14. The monoisotopic (exact) mass is 430 g/mol. The van der Waals surface area contributed by atoms with Gasteiger partial charge in [0.15, 0.2) is 5.13 Å². The van der Waals surface area contributed by atoms with Crippen LogP contribution in [-0.2, 0) is 0 Å². The fourth-order valence-corrected chi connectivity index (χ4v) is 3.65. The summed E-state index contributed by atoms with van der Waals surface area (Å²) < 4.78 is 6.81. The SMILES string of the molecule is COc1cc2sc(NC(=O)c3cc(Br)ccc3Cl)nc2cc1Cl. The fraction of sp³-hybridized carbons (Fsp3) is 0.0667. The molecular weight excluding hydrogens is 423 g/mol. The summed E-state index contributed by atoms with van der Waals surface area (Å²) in [4.78, 5) is 16.7. The van der Waals surface area contributed by atoms with E-state index in [1.54, 1.807) is 37.4 Å². The first kappa shape index (κ1) is 16.5. The summed E-state index contributed by atoms with van der Waals surface area (Å²) in [5.41, 5.74) is 1.06. The standard InChI is InChI=1S/C15H9BrCl2N2O2S/c1-22-12-6-13-11(5-10(12)18)19-15(23-13)20-14(21)8-4-7(16)2-3-9(8)17/h2-6H,1H3,(H,19,20,21). The van der Waals surface area contributed by atoms with Crippen molar-refractivity contribution >= 4 is 71.7 Å². The lowest BCUT2D eigenvalue weighted by atomic mass is 10.2. The Balaban J connectivity index is 1.92. The van der Waals surface area contributed by atoms with Crippen LogP contribution in [0.25, 0.3) is 10.2 Å². The van der Waals surface area contributed by atoms with Crippen molar-refractivity contribution in [2.45, 2.75) is 0 Å². The number of rotatable bonds is 3. The van der Waals surface area contributed by atoms with Crippen molar-refractivity contribution < 1.29 is 9.53 Å². The van der Waals surface area contributed by atoms with Gasteiger partial charge in [-0.25, -0.2) is 4.98 Å². The normalized spacial score (nSPS) is 10.8. The van der Waals surface area contributed by atoms with E-state index in [0.29, 0.717) is 32.0 Å². The van der Waals surface area contributed by atoms with Crippen molar-refractivity contribution in [2.24, 2.45) is 0 Å². The van der Waals surface area contributed by atoms with E-state index in [4.69, 9.17) is 27.9 Å². The van der Waals surface area contributed by atoms with Gasteiger partial charge in [0.1, 0.15) is 5.75 Å². The number of carbonyl (C=O) groups excluding carboxylic acids is 1. The van der Waals surface area contributed by atoms with Gasteiger partial charge < -0.3 is 4.74 Å². The minimum atomic E-state index is -0.326. The molecule has 0 bridgehead atoms. The molecule has 4 nitrogen and oxygen atoms in total. The van der Waals surface area contributed by atoms with Gasteiger partial charge in [-0.1, -0.05) is 50.5 Å². The summed E-state index contributed by atoms with van der Waals surface area (Å²) in [7, 11) is 1.55. The van der Waals surface area contributed by atoms with Crippen LogP contribution in [0.5, 0.6) is 5.75 Å². The highest BCUT2D eigenvalue weighted by molar-refractivity contribution is 9.10. The first-order valence-corrected chi connectivity index (χ1v) is 8.75. The van der Waals surface area contributed by atoms with Gasteiger partial charge in [-0.05, 0) is 24.3 Å². The Hall–Kier alpha value is -1.34. The molecule has 1 amide bonds. The number of nitrogens with zero attached hydrogens (tertiary/aromatic N) is 1. The number of aromatic nitrogens is 1. The van der Waals surface area contributed by atoms with Gasteiger partial charge in [-0.15, -0.1) is 0 Å². The maximum absolute atomic E-state index is 12.4. The number of anilines is 1. The van der Waals surface area contributed by atoms with Crippen LogP contribution in [0.3, 0.4) is 0 Å². The summed E-state index contributed by atoms with van der Waals surface area (Å²) in [6.45, 7) is 0. The Morgan fingerprint density at radius 3 is 2.78 bits per heavy atom. The quantitative estimate of drug-likeness (QED) is 0.584. The number of methoxy groups -OCH3 is 1. The molecule has 3 rings (SSSR count). The number of thiazole rings is 1. The number of hydrogen-bond acceptors (Lipinski definition) is 4. The van der Waals surface area contributed by atoms with Crippen molar-refractivity contribution in [3.63, 3.8) is 0 Å². The Morgan fingerprint density at radius 2 is 2.04 bits per heavy atom. The molecule has 0 aliphatic rings. The maximum atomic E-state index is 12.4. The molecule has 0 spiro atoms. The third-order valence-corrected chi connectivity index (χ3v) is 5.11. The summed E-state index contributed by atoms with van der Waals surface area (Å²) in [6, 6.07) is 8.57. The van der Waals surface area contributed by atoms with Crippen LogP contribution >= 0.6 is 50.5 Å². The van der Waals surface area contributed by atoms with Gasteiger partial charge in [0.05, 0.1) is 32.9 Å². The van der Waals surface area contributed by atoms with Crippen LogP contribution in [0.1, 0.15) is 10.4 Å². The minimum Gasteiger partial charge on any atom is -0.495 e. The Kier molecular flexibility index (Phi) is 4.77. The molecule has 8 heteroatoms. The molecule has 118 valence electrons. The van der Waals surface area contributed by atoms with Crippen LogP contribution < -0.4 is 10.1 Å². The lowest BCUT2D eigenvalue weighted by molar-refractivity contribution is 0.102. The third-order valence-electron chi connectivity index (χ3n) is 3.06. The molecule has 3 aromatic rings. The molecule has 0 saturated carbocycles. The second kappa shape index (κ2) is 6.65. The zero-order valence-electron chi connectivity index (χ0n) is 11.7. The number of amides is 1. The van der Waals surface area contributed by atoms with Gasteiger partial charge in [0.2, 0.25) is 0 Å². The molecule has 1 aromatic heterocycles. The molecule has 0 radical (unpaired) electrons. The smallest absolute Gasteiger partial charge is 0.258 e. The van der Waals surface area contributed by atoms with Crippen LogP contribution in [0.15, 0.2) is 34.8 Å². The molecule has 1 N–H and O–H groups in total. The van der Waals surface area contributed by atoms with E-state index in [-0.39, 0.29) is 5.91 Å². The van der Waals surface area contributed by atoms with Crippen LogP contribution in [0, 0.1) is 0 Å². The predicted molar refractivity (Wildman–Crippen MR) is 98.3 cm³/mol. The number of hydrogen-bond donors (Lipinski definition) is 1. The number of carbonyl (C=O) groups is 1. The minimum absolute atomic E-state index is 0.326. The van der Waals surface area contributed by atoms with E-state index in [1.807, 2.05) is 0 Å². The lowest BCUT2D eigenvalue weighted by Crippen LogP contribution is -2.12. The number of benzene rings is 2. The Labute approximate surface area is 154 Å². The largest absolute Gasteiger partial charge is 0.495 e. The summed E-state index contributed by atoms with van der Waals surface area (Å²) in [5.74, 6) is 0.240. The van der Waals surface area contributed by atoms with Crippen molar-refractivity contribution in [2.75, 3.05) is 12.4 Å². The molecule has 0 aliphatic heterocycles. The van der Waals surface area contributed by atoms with Crippen molar-refractivity contribution in [1.29, 1.82) is 0 Å². The number of nitrogens with one attached hydrogen (secondary N) is 1. The average Bonchev–Trinajstić information content (AvgIpc) is 2.89. The van der Waals surface area contributed by atoms with Gasteiger partial charge >= 0.3 is 0 Å². The second-order valence-corrected chi connectivity index (χ2v) is 7.31. The van der Waals surface area contributed by atoms with Gasteiger partial charge in [0, 0.05) is 10.5 Å². The fourth-order valence-electron chi connectivity index (χ4n) is 1.98. The molecule has 0 saturated heterocycles. The van der Waals surface area contributed by atoms with Gasteiger partial charge in [0.25, 0.3) is 5.91 Å². The van der Waals surface area contributed by atoms with Crippen molar-refractivity contribution in [1.82, 2.24) is 4.98 Å². The molecule has 0 atom stereocenters. The topological polar surface area (TPSA) is 51.2 Å². The average molecular weight is 432 g/mol.